The summed E-state index contributed by atoms with van der Waals surface area (Å²) in [6, 6.07) is 24.7. The molecule has 0 saturated heterocycles. The minimum Gasteiger partial charge on any atom is -0.455 e. The molecule has 1 heterocycles. The van der Waals surface area contributed by atoms with E-state index in [0.717, 1.165) is 59.8 Å². The largest absolute Gasteiger partial charge is 0.455 e. The Labute approximate surface area is 199 Å². The van der Waals surface area contributed by atoms with E-state index in [1.165, 1.54) is 0 Å². The maximum Gasteiger partial charge on any atom is 0.143 e. The smallest absolute Gasteiger partial charge is 0.143 e. The van der Waals surface area contributed by atoms with Gasteiger partial charge in [0.1, 0.15) is 19.0 Å². The van der Waals surface area contributed by atoms with Crippen LogP contribution in [0.3, 0.4) is 0 Å². The van der Waals surface area contributed by atoms with Crippen molar-refractivity contribution in [3.63, 3.8) is 0 Å². The van der Waals surface area contributed by atoms with Crippen molar-refractivity contribution in [2.24, 2.45) is 0 Å². The predicted octanol–water partition coefficient (Wildman–Crippen LogP) is 5.90. The molecule has 4 heteroatoms. The van der Waals surface area contributed by atoms with Gasteiger partial charge in [0.25, 0.3) is 0 Å². The lowest BCUT2D eigenvalue weighted by Crippen LogP contribution is -2.49. The second kappa shape index (κ2) is 7.08. The maximum atomic E-state index is 10.9. The van der Waals surface area contributed by atoms with Gasteiger partial charge >= 0.3 is 0 Å². The van der Waals surface area contributed by atoms with Crippen LogP contribution in [0.25, 0.3) is 54.3 Å². The van der Waals surface area contributed by atoms with Gasteiger partial charge in [0, 0.05) is 22.6 Å². The Morgan fingerprint density at radius 2 is 1.41 bits per heavy atom. The summed E-state index contributed by atoms with van der Waals surface area (Å²) in [5.41, 5.74) is 0.676. The van der Waals surface area contributed by atoms with Crippen LogP contribution in [0.5, 0.6) is 0 Å². The molecule has 0 aliphatic carbocycles. The quantitative estimate of drug-likeness (QED) is 0.264. The molecular formula is C30H25BO3. The van der Waals surface area contributed by atoms with Crippen molar-refractivity contribution >= 4 is 67.6 Å². The van der Waals surface area contributed by atoms with Crippen LogP contribution in [0.2, 0.25) is 0 Å². The molecule has 0 fully saturated rings. The van der Waals surface area contributed by atoms with Crippen molar-refractivity contribution in [2.75, 3.05) is 0 Å². The van der Waals surface area contributed by atoms with Crippen LogP contribution < -0.4 is 5.46 Å². The molecule has 166 valence electrons. The maximum absolute atomic E-state index is 10.9. The van der Waals surface area contributed by atoms with E-state index in [1.54, 1.807) is 20.8 Å². The summed E-state index contributed by atoms with van der Waals surface area (Å²) >= 11 is 0. The Hall–Kier alpha value is -3.34. The zero-order valence-corrected chi connectivity index (χ0v) is 19.5. The topological polar surface area (TPSA) is 53.6 Å². The SMILES string of the molecule is [B]c1cc2ccc3ccccc3c2c2oc3ccc4ccc(CC(C)(O)C(C)(C)O)cc4c3c12. The number of fused-ring (bicyclic) bond motifs is 9. The molecule has 1 atom stereocenters. The van der Waals surface area contributed by atoms with Crippen molar-refractivity contribution in [3.05, 3.63) is 78.4 Å². The van der Waals surface area contributed by atoms with E-state index in [1.807, 2.05) is 30.3 Å². The number of hydrogen-bond acceptors (Lipinski definition) is 3. The average molecular weight is 444 g/mol. The summed E-state index contributed by atoms with van der Waals surface area (Å²) in [6.45, 7) is 4.93. The molecule has 0 aliphatic rings. The highest BCUT2D eigenvalue weighted by atomic mass is 16.4. The Morgan fingerprint density at radius 3 is 2.21 bits per heavy atom. The van der Waals surface area contributed by atoms with Gasteiger partial charge in [0.15, 0.2) is 0 Å². The van der Waals surface area contributed by atoms with Crippen LogP contribution in [-0.2, 0) is 6.42 Å². The van der Waals surface area contributed by atoms with E-state index in [9.17, 15) is 10.2 Å². The molecule has 2 N–H and O–H groups in total. The van der Waals surface area contributed by atoms with E-state index >= 15 is 0 Å². The van der Waals surface area contributed by atoms with Crippen LogP contribution in [0.1, 0.15) is 26.3 Å². The van der Waals surface area contributed by atoms with Gasteiger partial charge in [-0.25, -0.2) is 0 Å². The molecule has 5 aromatic carbocycles. The number of furan rings is 1. The van der Waals surface area contributed by atoms with Crippen LogP contribution >= 0.6 is 0 Å². The average Bonchev–Trinajstić information content (AvgIpc) is 3.18. The van der Waals surface area contributed by atoms with Gasteiger partial charge in [-0.15, -0.1) is 0 Å². The monoisotopic (exact) mass is 444 g/mol. The fraction of sp³-hybridized carbons (Fsp3) is 0.200. The Kier molecular flexibility index (Phi) is 4.42. The van der Waals surface area contributed by atoms with Gasteiger partial charge in [-0.3, -0.25) is 0 Å². The Morgan fingerprint density at radius 1 is 0.735 bits per heavy atom. The third-order valence-corrected chi connectivity index (χ3v) is 7.39. The number of benzene rings is 5. The fourth-order valence-corrected chi connectivity index (χ4v) is 5.04. The van der Waals surface area contributed by atoms with E-state index < -0.39 is 11.2 Å². The molecule has 34 heavy (non-hydrogen) atoms. The van der Waals surface area contributed by atoms with Gasteiger partial charge in [0.05, 0.1) is 11.2 Å². The van der Waals surface area contributed by atoms with Gasteiger partial charge in [-0.2, -0.15) is 0 Å². The minimum atomic E-state index is -1.28. The lowest BCUT2D eigenvalue weighted by molar-refractivity contribution is -0.118. The molecule has 0 saturated carbocycles. The molecule has 3 nitrogen and oxygen atoms in total. The Balaban J connectivity index is 1.70. The Bertz CT molecular complexity index is 1750. The second-order valence-electron chi connectivity index (χ2n) is 10.2. The highest BCUT2D eigenvalue weighted by Gasteiger charge is 2.37. The molecule has 1 unspecified atom stereocenters. The van der Waals surface area contributed by atoms with Crippen LogP contribution in [-0.4, -0.2) is 29.3 Å². The highest BCUT2D eigenvalue weighted by molar-refractivity contribution is 6.46. The first-order chi connectivity index (χ1) is 16.1. The molecule has 2 radical (unpaired) electrons. The zero-order valence-electron chi connectivity index (χ0n) is 19.5. The van der Waals surface area contributed by atoms with Crippen molar-refractivity contribution in [3.8, 4) is 0 Å². The van der Waals surface area contributed by atoms with E-state index in [0.29, 0.717) is 11.9 Å². The number of hydrogen-bond donors (Lipinski definition) is 2. The van der Waals surface area contributed by atoms with Crippen molar-refractivity contribution < 1.29 is 14.6 Å². The van der Waals surface area contributed by atoms with Crippen LogP contribution in [0.4, 0.5) is 0 Å². The summed E-state index contributed by atoms with van der Waals surface area (Å²) in [7, 11) is 6.63. The third-order valence-electron chi connectivity index (χ3n) is 7.39. The van der Waals surface area contributed by atoms with Crippen molar-refractivity contribution in [1.29, 1.82) is 0 Å². The summed E-state index contributed by atoms with van der Waals surface area (Å²) < 4.78 is 6.49. The third kappa shape index (κ3) is 3.06. The molecule has 0 aliphatic heterocycles. The second-order valence-corrected chi connectivity index (χ2v) is 10.2. The number of rotatable bonds is 3. The first-order valence-corrected chi connectivity index (χ1v) is 11.6. The lowest BCUT2D eigenvalue weighted by Gasteiger charge is -2.35. The molecule has 0 bridgehead atoms. The normalized spacial score (nSPS) is 14.5. The van der Waals surface area contributed by atoms with Crippen molar-refractivity contribution in [2.45, 2.75) is 38.4 Å². The summed E-state index contributed by atoms with van der Waals surface area (Å²) in [5.74, 6) is 0. The first-order valence-electron chi connectivity index (χ1n) is 11.6. The van der Waals surface area contributed by atoms with Crippen LogP contribution in [0, 0.1) is 0 Å². The van der Waals surface area contributed by atoms with Crippen molar-refractivity contribution in [1.82, 2.24) is 0 Å². The lowest BCUT2D eigenvalue weighted by atomic mass is 9.82. The van der Waals surface area contributed by atoms with Gasteiger partial charge in [0.2, 0.25) is 0 Å². The molecule has 0 amide bonds. The fourth-order valence-electron chi connectivity index (χ4n) is 5.04. The van der Waals surface area contributed by atoms with E-state index in [-0.39, 0.29) is 0 Å². The van der Waals surface area contributed by atoms with E-state index in [2.05, 4.69) is 42.5 Å². The van der Waals surface area contributed by atoms with Gasteiger partial charge in [-0.05, 0) is 59.3 Å². The zero-order chi connectivity index (χ0) is 23.8. The molecule has 6 aromatic rings. The predicted molar refractivity (Wildman–Crippen MR) is 142 cm³/mol. The molecular weight excluding hydrogens is 419 g/mol. The summed E-state index contributed by atoms with van der Waals surface area (Å²) in [5, 5.41) is 29.7. The molecule has 1 aromatic heterocycles. The standard InChI is InChI=1S/C30H25BO3/c1-29(2,32)30(3,33)16-17-8-9-19-12-13-24-26(22(19)14-17)27-23(31)15-20-11-10-18-6-4-5-7-21(18)25(20)28(27)34-24/h4-15,32-33H,16H2,1-3H3. The van der Waals surface area contributed by atoms with Gasteiger partial charge < -0.3 is 14.6 Å². The number of aliphatic hydroxyl groups is 2. The van der Waals surface area contributed by atoms with Gasteiger partial charge in [-0.1, -0.05) is 72.2 Å². The van der Waals surface area contributed by atoms with Crippen LogP contribution in [0.15, 0.2) is 77.2 Å². The molecule has 0 spiro atoms. The minimum absolute atomic E-state index is 0.321. The highest BCUT2D eigenvalue weighted by Crippen LogP contribution is 2.40. The summed E-state index contributed by atoms with van der Waals surface area (Å²) in [6.07, 6.45) is 0.321. The first kappa shape index (κ1) is 21.2. The van der Waals surface area contributed by atoms with E-state index in [4.69, 9.17) is 12.3 Å². The molecule has 6 rings (SSSR count). The summed E-state index contributed by atoms with van der Waals surface area (Å²) in [4.78, 5) is 0.